The van der Waals surface area contributed by atoms with E-state index in [1.54, 1.807) is 23.1 Å². The number of aromatic nitrogens is 1. The molecule has 2 aromatic rings. The Kier molecular flexibility index (Phi) is 5.82. The Morgan fingerprint density at radius 3 is 2.29 bits per heavy atom. The number of piperazine rings is 1. The van der Waals surface area contributed by atoms with E-state index in [0.29, 0.717) is 37.6 Å². The van der Waals surface area contributed by atoms with Gasteiger partial charge in [0, 0.05) is 31.7 Å². The van der Waals surface area contributed by atoms with Gasteiger partial charge in [-0.05, 0) is 45.0 Å². The topological polar surface area (TPSA) is 74.8 Å². The lowest BCUT2D eigenvalue weighted by atomic mass is 10.2. The number of ether oxygens (including phenoxy) is 1. The molecule has 148 valence electrons. The standard InChI is InChI=1S/C21H26N4O3/c1-21(2,3)28-20(27)25-14-12-24(13-15-25)18-11-7-10-17(22-18)23-19(26)16-8-5-4-6-9-16/h4-11H,12-15H2,1-3H3,(H,22,23,26). The van der Waals surface area contributed by atoms with Crippen LogP contribution < -0.4 is 10.2 Å². The zero-order chi connectivity index (χ0) is 20.1. The molecule has 2 amide bonds. The van der Waals surface area contributed by atoms with Crippen LogP contribution in [-0.4, -0.2) is 53.7 Å². The number of anilines is 2. The van der Waals surface area contributed by atoms with Crippen molar-refractivity contribution in [3.05, 3.63) is 54.1 Å². The van der Waals surface area contributed by atoms with E-state index < -0.39 is 5.60 Å². The highest BCUT2D eigenvalue weighted by Crippen LogP contribution is 2.18. The summed E-state index contributed by atoms with van der Waals surface area (Å²) in [7, 11) is 0. The summed E-state index contributed by atoms with van der Waals surface area (Å²) in [4.78, 5) is 32.9. The molecule has 28 heavy (non-hydrogen) atoms. The predicted molar refractivity (Wildman–Crippen MR) is 109 cm³/mol. The highest BCUT2D eigenvalue weighted by atomic mass is 16.6. The van der Waals surface area contributed by atoms with Gasteiger partial charge in [0.15, 0.2) is 0 Å². The molecule has 1 aliphatic rings. The van der Waals surface area contributed by atoms with Crippen LogP contribution in [0.5, 0.6) is 0 Å². The van der Waals surface area contributed by atoms with Gasteiger partial charge in [-0.1, -0.05) is 24.3 Å². The first-order chi connectivity index (χ1) is 13.3. The van der Waals surface area contributed by atoms with Crippen LogP contribution in [0.25, 0.3) is 0 Å². The summed E-state index contributed by atoms with van der Waals surface area (Å²) >= 11 is 0. The first kappa shape index (κ1) is 19.7. The van der Waals surface area contributed by atoms with Crippen molar-refractivity contribution < 1.29 is 14.3 Å². The summed E-state index contributed by atoms with van der Waals surface area (Å²) in [5, 5.41) is 2.83. The first-order valence-electron chi connectivity index (χ1n) is 9.38. The molecular weight excluding hydrogens is 356 g/mol. The van der Waals surface area contributed by atoms with Gasteiger partial charge in [-0.2, -0.15) is 0 Å². The van der Waals surface area contributed by atoms with Crippen molar-refractivity contribution in [2.45, 2.75) is 26.4 Å². The minimum atomic E-state index is -0.499. The Balaban J connectivity index is 1.59. The average molecular weight is 382 g/mol. The molecule has 0 saturated carbocycles. The number of rotatable bonds is 3. The Morgan fingerprint density at radius 1 is 0.964 bits per heavy atom. The molecule has 1 fully saturated rings. The molecule has 0 spiro atoms. The summed E-state index contributed by atoms with van der Waals surface area (Å²) in [6, 6.07) is 14.6. The number of carbonyl (C=O) groups is 2. The second-order valence-corrected chi connectivity index (χ2v) is 7.66. The highest BCUT2D eigenvalue weighted by molar-refractivity contribution is 6.03. The summed E-state index contributed by atoms with van der Waals surface area (Å²) in [6.45, 7) is 8.03. The number of amides is 2. The quantitative estimate of drug-likeness (QED) is 0.881. The van der Waals surface area contributed by atoms with Crippen molar-refractivity contribution in [2.24, 2.45) is 0 Å². The molecule has 0 bridgehead atoms. The molecule has 3 rings (SSSR count). The first-order valence-corrected chi connectivity index (χ1v) is 9.38. The molecule has 1 aromatic carbocycles. The van der Waals surface area contributed by atoms with Crippen molar-refractivity contribution in [2.75, 3.05) is 36.4 Å². The van der Waals surface area contributed by atoms with Crippen LogP contribution in [0, 0.1) is 0 Å². The maximum absolute atomic E-state index is 12.3. The fourth-order valence-electron chi connectivity index (χ4n) is 2.89. The van der Waals surface area contributed by atoms with E-state index in [2.05, 4.69) is 15.2 Å². The third-order valence-electron chi connectivity index (χ3n) is 4.27. The molecule has 0 unspecified atom stereocenters. The Morgan fingerprint density at radius 2 is 1.64 bits per heavy atom. The second kappa shape index (κ2) is 8.29. The minimum Gasteiger partial charge on any atom is -0.444 e. The van der Waals surface area contributed by atoms with Gasteiger partial charge in [-0.15, -0.1) is 0 Å². The molecule has 1 N–H and O–H groups in total. The van der Waals surface area contributed by atoms with Gasteiger partial charge in [-0.25, -0.2) is 9.78 Å². The van der Waals surface area contributed by atoms with Gasteiger partial charge >= 0.3 is 6.09 Å². The van der Waals surface area contributed by atoms with Gasteiger partial charge in [0.1, 0.15) is 17.2 Å². The molecule has 2 heterocycles. The highest BCUT2D eigenvalue weighted by Gasteiger charge is 2.26. The molecule has 7 nitrogen and oxygen atoms in total. The fraction of sp³-hybridized carbons (Fsp3) is 0.381. The van der Waals surface area contributed by atoms with Crippen molar-refractivity contribution in [3.63, 3.8) is 0 Å². The molecule has 7 heteroatoms. The number of hydrogen-bond acceptors (Lipinski definition) is 5. The van der Waals surface area contributed by atoms with Crippen molar-refractivity contribution in [3.8, 4) is 0 Å². The van der Waals surface area contributed by atoms with Gasteiger partial charge in [0.2, 0.25) is 0 Å². The molecule has 1 aliphatic heterocycles. The zero-order valence-electron chi connectivity index (χ0n) is 16.5. The number of hydrogen-bond donors (Lipinski definition) is 1. The normalized spacial score (nSPS) is 14.5. The number of benzene rings is 1. The Bertz CT molecular complexity index is 825. The maximum atomic E-state index is 12.3. The largest absolute Gasteiger partial charge is 0.444 e. The monoisotopic (exact) mass is 382 g/mol. The number of nitrogens with one attached hydrogen (secondary N) is 1. The molecule has 1 aromatic heterocycles. The molecule has 0 aliphatic carbocycles. The Hall–Kier alpha value is -3.09. The van der Waals surface area contributed by atoms with E-state index in [1.165, 1.54) is 0 Å². The van der Waals surface area contributed by atoms with Crippen LogP contribution in [0.4, 0.5) is 16.4 Å². The number of carbonyl (C=O) groups excluding carboxylic acids is 2. The molecule has 0 radical (unpaired) electrons. The van der Waals surface area contributed by atoms with Crippen LogP contribution in [0.1, 0.15) is 31.1 Å². The molecule has 0 atom stereocenters. The van der Waals surface area contributed by atoms with E-state index in [9.17, 15) is 9.59 Å². The SMILES string of the molecule is CC(C)(C)OC(=O)N1CCN(c2cccc(NC(=O)c3ccccc3)n2)CC1. The third-order valence-corrected chi connectivity index (χ3v) is 4.27. The summed E-state index contributed by atoms with van der Waals surface area (Å²) in [5.41, 5.74) is 0.0850. The van der Waals surface area contributed by atoms with Gasteiger partial charge in [-0.3, -0.25) is 4.79 Å². The van der Waals surface area contributed by atoms with Crippen LogP contribution >= 0.6 is 0 Å². The van der Waals surface area contributed by atoms with E-state index in [-0.39, 0.29) is 12.0 Å². The number of pyridine rings is 1. The zero-order valence-corrected chi connectivity index (χ0v) is 16.5. The fourth-order valence-corrected chi connectivity index (χ4v) is 2.89. The maximum Gasteiger partial charge on any atom is 0.410 e. The summed E-state index contributed by atoms with van der Waals surface area (Å²) in [5.74, 6) is 1.08. The number of nitrogens with zero attached hydrogens (tertiary/aromatic N) is 3. The lowest BCUT2D eigenvalue weighted by Gasteiger charge is -2.36. The van der Waals surface area contributed by atoms with Crippen LogP contribution in [0.15, 0.2) is 48.5 Å². The smallest absolute Gasteiger partial charge is 0.410 e. The van der Waals surface area contributed by atoms with Crippen LogP contribution in [0.3, 0.4) is 0 Å². The van der Waals surface area contributed by atoms with Gasteiger partial charge in [0.05, 0.1) is 0 Å². The average Bonchev–Trinajstić information content (AvgIpc) is 2.68. The van der Waals surface area contributed by atoms with Crippen LogP contribution in [0.2, 0.25) is 0 Å². The van der Waals surface area contributed by atoms with Crippen molar-refractivity contribution in [1.82, 2.24) is 9.88 Å². The van der Waals surface area contributed by atoms with E-state index in [4.69, 9.17) is 4.74 Å². The molecular formula is C21H26N4O3. The lowest BCUT2D eigenvalue weighted by molar-refractivity contribution is 0.0240. The summed E-state index contributed by atoms with van der Waals surface area (Å²) < 4.78 is 5.43. The van der Waals surface area contributed by atoms with Gasteiger partial charge in [0.25, 0.3) is 5.91 Å². The molecule has 1 saturated heterocycles. The Labute approximate surface area is 165 Å². The lowest BCUT2D eigenvalue weighted by Crippen LogP contribution is -2.50. The predicted octanol–water partition coefficient (Wildman–Crippen LogP) is 3.39. The summed E-state index contributed by atoms with van der Waals surface area (Å²) in [6.07, 6.45) is -0.288. The van der Waals surface area contributed by atoms with Crippen molar-refractivity contribution >= 4 is 23.6 Å². The third kappa shape index (κ3) is 5.22. The van der Waals surface area contributed by atoms with Crippen molar-refractivity contribution in [1.29, 1.82) is 0 Å². The van der Waals surface area contributed by atoms with E-state index in [1.807, 2.05) is 51.1 Å². The van der Waals surface area contributed by atoms with Gasteiger partial charge < -0.3 is 19.9 Å². The minimum absolute atomic E-state index is 0.194. The van der Waals surface area contributed by atoms with E-state index >= 15 is 0 Å². The van der Waals surface area contributed by atoms with E-state index in [0.717, 1.165) is 5.82 Å². The second-order valence-electron chi connectivity index (χ2n) is 7.66. The van der Waals surface area contributed by atoms with Crippen LogP contribution in [-0.2, 0) is 4.74 Å².